The van der Waals surface area contributed by atoms with Crippen LogP contribution in [0.4, 0.5) is 0 Å². The summed E-state index contributed by atoms with van der Waals surface area (Å²) in [6.07, 6.45) is 4.61. The molecule has 2 heterocycles. The van der Waals surface area contributed by atoms with E-state index in [2.05, 4.69) is 31.8 Å². The van der Waals surface area contributed by atoms with Gasteiger partial charge in [-0.25, -0.2) is 4.98 Å². The maximum Gasteiger partial charge on any atom is 0.125 e. The number of rotatable bonds is 4. The van der Waals surface area contributed by atoms with E-state index in [1.54, 1.807) is 17.5 Å². The third-order valence-corrected chi connectivity index (χ3v) is 5.13. The van der Waals surface area contributed by atoms with Crippen molar-refractivity contribution in [1.82, 2.24) is 9.97 Å². The molecule has 2 aromatic heterocycles. The Morgan fingerprint density at radius 3 is 2.72 bits per heavy atom. The summed E-state index contributed by atoms with van der Waals surface area (Å²) in [6, 6.07) is 4.00. The molecular weight excluding hydrogens is 260 g/mol. The average molecular weight is 278 g/mol. The van der Waals surface area contributed by atoms with E-state index in [1.165, 1.54) is 10.6 Å². The van der Waals surface area contributed by atoms with Crippen molar-refractivity contribution in [3.8, 4) is 10.6 Å². The topological polar surface area (TPSA) is 25.8 Å². The monoisotopic (exact) mass is 278 g/mol. The summed E-state index contributed by atoms with van der Waals surface area (Å²) < 4.78 is 0. The fourth-order valence-electron chi connectivity index (χ4n) is 1.76. The normalized spacial score (nSPS) is 12.9. The molecule has 0 fully saturated rings. The first-order valence-corrected chi connectivity index (χ1v) is 7.54. The van der Waals surface area contributed by atoms with Crippen molar-refractivity contribution in [2.75, 3.05) is 0 Å². The SMILES string of the molecule is CCc1nc(-c2cccnc2)sc1C(S)C(C)C. The van der Waals surface area contributed by atoms with Gasteiger partial charge in [0.05, 0.1) is 5.69 Å². The fourth-order valence-corrected chi connectivity index (χ4v) is 3.37. The third-order valence-electron chi connectivity index (χ3n) is 2.87. The molecule has 0 aliphatic carbocycles. The summed E-state index contributed by atoms with van der Waals surface area (Å²) in [6.45, 7) is 6.54. The smallest absolute Gasteiger partial charge is 0.125 e. The molecule has 4 heteroatoms. The number of thiol groups is 1. The summed E-state index contributed by atoms with van der Waals surface area (Å²) in [5, 5.41) is 1.32. The van der Waals surface area contributed by atoms with Crippen LogP contribution in [0.2, 0.25) is 0 Å². The summed E-state index contributed by atoms with van der Waals surface area (Å²) in [7, 11) is 0. The molecule has 0 spiro atoms. The highest BCUT2D eigenvalue weighted by Crippen LogP contribution is 2.38. The van der Waals surface area contributed by atoms with Crippen LogP contribution in [0.15, 0.2) is 24.5 Å². The van der Waals surface area contributed by atoms with E-state index in [0.29, 0.717) is 5.92 Å². The first-order chi connectivity index (χ1) is 8.63. The van der Waals surface area contributed by atoms with E-state index in [9.17, 15) is 0 Å². The minimum absolute atomic E-state index is 0.267. The molecule has 1 unspecified atom stereocenters. The van der Waals surface area contributed by atoms with Crippen LogP contribution in [0.1, 0.15) is 36.6 Å². The van der Waals surface area contributed by atoms with Gasteiger partial charge in [-0.3, -0.25) is 4.98 Å². The number of hydrogen-bond acceptors (Lipinski definition) is 4. The average Bonchev–Trinajstić information content (AvgIpc) is 2.82. The van der Waals surface area contributed by atoms with Crippen LogP contribution in [0.25, 0.3) is 10.6 Å². The van der Waals surface area contributed by atoms with Gasteiger partial charge in [-0.05, 0) is 24.5 Å². The Balaban J connectivity index is 2.41. The number of aryl methyl sites for hydroxylation is 1. The van der Waals surface area contributed by atoms with Gasteiger partial charge in [0.15, 0.2) is 0 Å². The van der Waals surface area contributed by atoms with Gasteiger partial charge in [-0.1, -0.05) is 20.8 Å². The highest BCUT2D eigenvalue weighted by molar-refractivity contribution is 7.80. The minimum atomic E-state index is 0.267. The fraction of sp³-hybridized carbons (Fsp3) is 0.429. The Morgan fingerprint density at radius 2 is 2.17 bits per heavy atom. The second-order valence-electron chi connectivity index (χ2n) is 4.61. The van der Waals surface area contributed by atoms with Crippen LogP contribution in [0, 0.1) is 5.92 Å². The molecule has 0 N–H and O–H groups in total. The molecule has 2 aromatic rings. The quantitative estimate of drug-likeness (QED) is 0.839. The molecule has 0 saturated heterocycles. The molecule has 2 rings (SSSR count). The van der Waals surface area contributed by atoms with Crippen molar-refractivity contribution in [2.24, 2.45) is 5.92 Å². The van der Waals surface area contributed by atoms with Gasteiger partial charge >= 0.3 is 0 Å². The molecule has 0 aliphatic rings. The van der Waals surface area contributed by atoms with Crippen molar-refractivity contribution in [3.63, 3.8) is 0 Å². The summed E-state index contributed by atoms with van der Waals surface area (Å²) in [5.74, 6) is 0.515. The van der Waals surface area contributed by atoms with Crippen LogP contribution in [0.3, 0.4) is 0 Å². The zero-order valence-corrected chi connectivity index (χ0v) is 12.6. The molecular formula is C14H18N2S2. The Bertz CT molecular complexity index is 506. The third kappa shape index (κ3) is 2.75. The van der Waals surface area contributed by atoms with Crippen molar-refractivity contribution >= 4 is 24.0 Å². The first-order valence-electron chi connectivity index (χ1n) is 6.21. The van der Waals surface area contributed by atoms with Gasteiger partial charge in [-0.15, -0.1) is 11.3 Å². The highest BCUT2D eigenvalue weighted by atomic mass is 32.1. The number of nitrogens with zero attached hydrogens (tertiary/aromatic N) is 2. The van der Waals surface area contributed by atoms with Crippen LogP contribution in [-0.4, -0.2) is 9.97 Å². The van der Waals surface area contributed by atoms with Crippen molar-refractivity contribution in [1.29, 1.82) is 0 Å². The van der Waals surface area contributed by atoms with E-state index in [-0.39, 0.29) is 5.25 Å². The molecule has 0 aromatic carbocycles. The lowest BCUT2D eigenvalue weighted by Crippen LogP contribution is -2.00. The van der Waals surface area contributed by atoms with E-state index in [0.717, 1.165) is 17.0 Å². The first kappa shape index (κ1) is 13.6. The Kier molecular flexibility index (Phi) is 4.40. The molecule has 0 aliphatic heterocycles. The number of pyridine rings is 1. The van der Waals surface area contributed by atoms with Crippen LogP contribution in [0.5, 0.6) is 0 Å². The Hall–Kier alpha value is -0.870. The molecule has 0 bridgehead atoms. The number of aromatic nitrogens is 2. The van der Waals surface area contributed by atoms with Crippen LogP contribution >= 0.6 is 24.0 Å². The van der Waals surface area contributed by atoms with E-state index < -0.39 is 0 Å². The number of hydrogen-bond donors (Lipinski definition) is 1. The molecule has 18 heavy (non-hydrogen) atoms. The van der Waals surface area contributed by atoms with E-state index in [4.69, 9.17) is 17.6 Å². The summed E-state index contributed by atoms with van der Waals surface area (Å²) in [5.41, 5.74) is 2.26. The molecule has 1 atom stereocenters. The van der Waals surface area contributed by atoms with Gasteiger partial charge in [-0.2, -0.15) is 12.6 Å². The van der Waals surface area contributed by atoms with Crippen molar-refractivity contribution < 1.29 is 0 Å². The maximum atomic E-state index is 4.73. The lowest BCUT2D eigenvalue weighted by Gasteiger charge is -2.13. The van der Waals surface area contributed by atoms with Crippen molar-refractivity contribution in [2.45, 2.75) is 32.4 Å². The second kappa shape index (κ2) is 5.85. The zero-order valence-electron chi connectivity index (χ0n) is 10.9. The van der Waals surface area contributed by atoms with E-state index >= 15 is 0 Å². The lowest BCUT2D eigenvalue weighted by molar-refractivity contribution is 0.637. The zero-order chi connectivity index (χ0) is 13.1. The second-order valence-corrected chi connectivity index (χ2v) is 6.20. The standard InChI is InChI=1S/C14H18N2S2/c1-4-11-13(12(17)9(2)3)18-14(16-11)10-6-5-7-15-8-10/h5-9,12,17H,4H2,1-3H3. The number of thiazole rings is 1. The molecule has 0 radical (unpaired) electrons. The molecule has 2 nitrogen and oxygen atoms in total. The lowest BCUT2D eigenvalue weighted by atomic mass is 10.1. The molecule has 96 valence electrons. The predicted octanol–water partition coefficient (Wildman–Crippen LogP) is 4.39. The van der Waals surface area contributed by atoms with Gasteiger partial charge in [0.25, 0.3) is 0 Å². The minimum Gasteiger partial charge on any atom is -0.264 e. The summed E-state index contributed by atoms with van der Waals surface area (Å²) in [4.78, 5) is 10.2. The van der Waals surface area contributed by atoms with Crippen LogP contribution < -0.4 is 0 Å². The maximum absolute atomic E-state index is 4.73. The summed E-state index contributed by atoms with van der Waals surface area (Å²) >= 11 is 6.46. The largest absolute Gasteiger partial charge is 0.264 e. The molecule has 0 amide bonds. The van der Waals surface area contributed by atoms with Gasteiger partial charge in [0.1, 0.15) is 5.01 Å². The van der Waals surface area contributed by atoms with Crippen LogP contribution in [-0.2, 0) is 6.42 Å². The Labute approximate surface area is 118 Å². The van der Waals surface area contributed by atoms with Gasteiger partial charge < -0.3 is 0 Å². The van der Waals surface area contributed by atoms with Gasteiger partial charge in [0.2, 0.25) is 0 Å². The molecule has 0 saturated carbocycles. The predicted molar refractivity (Wildman–Crippen MR) is 81.3 cm³/mol. The van der Waals surface area contributed by atoms with Gasteiger partial charge in [0, 0.05) is 28.1 Å². The Morgan fingerprint density at radius 1 is 1.39 bits per heavy atom. The van der Waals surface area contributed by atoms with E-state index in [1.807, 2.05) is 12.3 Å². The van der Waals surface area contributed by atoms with Crippen molar-refractivity contribution in [3.05, 3.63) is 35.1 Å². The highest BCUT2D eigenvalue weighted by Gasteiger charge is 2.19.